The van der Waals surface area contributed by atoms with Crippen LogP contribution in [0.15, 0.2) is 23.0 Å². The molecule has 0 spiro atoms. The van der Waals surface area contributed by atoms with E-state index in [1.54, 1.807) is 18.2 Å². The minimum atomic E-state index is -1.24. The number of fused-ring (bicyclic) bond motifs is 1. The first-order valence-electron chi connectivity index (χ1n) is 6.15. The molecule has 0 unspecified atom stereocenters. The largest absolute Gasteiger partial charge is 0.506 e. The maximum atomic E-state index is 12.2. The van der Waals surface area contributed by atoms with Crippen molar-refractivity contribution in [1.29, 1.82) is 0 Å². The third-order valence-electron chi connectivity index (χ3n) is 3.15. The standard InChI is InChI=1S/C14H14N2O5/c1-7-3-4-8-9(5-7)16(2)14(21)11(12(8)19)13(20)15-6-10(17)18/h3-5,19H,6H2,1-2H3,(H,15,20)(H,17,18). The van der Waals surface area contributed by atoms with E-state index in [1.807, 2.05) is 6.92 Å². The Hall–Kier alpha value is -2.83. The number of nitrogens with zero attached hydrogens (tertiary/aromatic N) is 1. The van der Waals surface area contributed by atoms with Gasteiger partial charge in [-0.2, -0.15) is 0 Å². The maximum absolute atomic E-state index is 12.2. The monoisotopic (exact) mass is 290 g/mol. The molecular formula is C14H14N2O5. The summed E-state index contributed by atoms with van der Waals surface area (Å²) >= 11 is 0. The lowest BCUT2D eigenvalue weighted by Gasteiger charge is -2.12. The lowest BCUT2D eigenvalue weighted by Crippen LogP contribution is -2.35. The Balaban J connectivity index is 2.65. The topological polar surface area (TPSA) is 109 Å². The molecule has 21 heavy (non-hydrogen) atoms. The van der Waals surface area contributed by atoms with Gasteiger partial charge in [0.05, 0.1) is 5.52 Å². The van der Waals surface area contributed by atoms with Crippen molar-refractivity contribution in [2.75, 3.05) is 6.54 Å². The Morgan fingerprint density at radius 3 is 2.62 bits per heavy atom. The first-order valence-corrected chi connectivity index (χ1v) is 6.15. The van der Waals surface area contributed by atoms with E-state index in [-0.39, 0.29) is 0 Å². The van der Waals surface area contributed by atoms with Gasteiger partial charge in [0.25, 0.3) is 11.5 Å². The molecular weight excluding hydrogens is 276 g/mol. The van der Waals surface area contributed by atoms with Gasteiger partial charge in [0.2, 0.25) is 0 Å². The third-order valence-corrected chi connectivity index (χ3v) is 3.15. The number of carboxylic acid groups (broad SMARTS) is 1. The second-order valence-electron chi connectivity index (χ2n) is 4.68. The average Bonchev–Trinajstić information content (AvgIpc) is 2.42. The highest BCUT2D eigenvalue weighted by molar-refractivity contribution is 6.03. The van der Waals surface area contributed by atoms with Gasteiger partial charge in [0.15, 0.2) is 0 Å². The molecule has 0 bridgehead atoms. The molecule has 7 heteroatoms. The number of carbonyl (C=O) groups excluding carboxylic acids is 1. The van der Waals surface area contributed by atoms with E-state index in [0.29, 0.717) is 10.9 Å². The molecule has 110 valence electrons. The van der Waals surface area contributed by atoms with Crippen LogP contribution in [-0.2, 0) is 11.8 Å². The normalized spacial score (nSPS) is 10.6. The third kappa shape index (κ3) is 2.58. The highest BCUT2D eigenvalue weighted by atomic mass is 16.4. The van der Waals surface area contributed by atoms with Crippen molar-refractivity contribution >= 4 is 22.8 Å². The molecule has 1 aromatic carbocycles. The van der Waals surface area contributed by atoms with Crippen molar-refractivity contribution in [3.63, 3.8) is 0 Å². The molecule has 0 fully saturated rings. The molecule has 0 aliphatic rings. The minimum Gasteiger partial charge on any atom is -0.506 e. The number of carbonyl (C=O) groups is 2. The van der Waals surface area contributed by atoms with E-state index in [0.717, 1.165) is 5.56 Å². The predicted octanol–water partition coefficient (Wildman–Crippen LogP) is 0.367. The van der Waals surface area contributed by atoms with Gasteiger partial charge >= 0.3 is 5.97 Å². The van der Waals surface area contributed by atoms with Crippen LogP contribution in [0, 0.1) is 6.92 Å². The van der Waals surface area contributed by atoms with Gasteiger partial charge in [-0.3, -0.25) is 14.4 Å². The number of aryl methyl sites for hydroxylation is 2. The van der Waals surface area contributed by atoms with Crippen molar-refractivity contribution in [3.8, 4) is 5.75 Å². The van der Waals surface area contributed by atoms with Gasteiger partial charge < -0.3 is 20.1 Å². The lowest BCUT2D eigenvalue weighted by molar-refractivity contribution is -0.135. The molecule has 0 aliphatic heterocycles. The van der Waals surface area contributed by atoms with Crippen LogP contribution >= 0.6 is 0 Å². The quantitative estimate of drug-likeness (QED) is 0.756. The number of aromatic nitrogens is 1. The molecule has 2 rings (SSSR count). The van der Waals surface area contributed by atoms with E-state index in [9.17, 15) is 19.5 Å². The number of aromatic hydroxyl groups is 1. The summed E-state index contributed by atoms with van der Waals surface area (Å²) < 4.78 is 1.25. The predicted molar refractivity (Wildman–Crippen MR) is 75.6 cm³/mol. The summed E-state index contributed by atoms with van der Waals surface area (Å²) in [4.78, 5) is 34.6. The Kier molecular flexibility index (Phi) is 3.66. The van der Waals surface area contributed by atoms with Crippen molar-refractivity contribution in [1.82, 2.24) is 9.88 Å². The first-order chi connectivity index (χ1) is 9.82. The van der Waals surface area contributed by atoms with Crippen LogP contribution in [-0.4, -0.2) is 33.2 Å². The number of hydrogen-bond donors (Lipinski definition) is 3. The second-order valence-corrected chi connectivity index (χ2v) is 4.68. The highest BCUT2D eigenvalue weighted by Gasteiger charge is 2.21. The Bertz CT molecular complexity index is 807. The first kappa shape index (κ1) is 14.6. The number of benzene rings is 1. The highest BCUT2D eigenvalue weighted by Crippen LogP contribution is 2.26. The molecule has 1 amide bonds. The molecule has 1 heterocycles. The smallest absolute Gasteiger partial charge is 0.322 e. The number of amides is 1. The molecule has 0 saturated heterocycles. The van der Waals surface area contributed by atoms with Gasteiger partial charge in [0, 0.05) is 12.4 Å². The average molecular weight is 290 g/mol. The van der Waals surface area contributed by atoms with Gasteiger partial charge in [0.1, 0.15) is 17.9 Å². The molecule has 0 radical (unpaired) electrons. The Labute approximate surface area is 119 Å². The molecule has 1 aromatic heterocycles. The summed E-state index contributed by atoms with van der Waals surface area (Å²) in [5, 5.41) is 21.1. The van der Waals surface area contributed by atoms with Crippen LogP contribution in [0.25, 0.3) is 10.9 Å². The summed E-state index contributed by atoms with van der Waals surface area (Å²) in [7, 11) is 1.48. The summed E-state index contributed by atoms with van der Waals surface area (Å²) in [6.45, 7) is 1.21. The van der Waals surface area contributed by atoms with Crippen LogP contribution in [0.3, 0.4) is 0 Å². The van der Waals surface area contributed by atoms with Crippen LogP contribution in [0.2, 0.25) is 0 Å². The fourth-order valence-corrected chi connectivity index (χ4v) is 2.08. The number of carboxylic acids is 1. The van der Waals surface area contributed by atoms with E-state index in [2.05, 4.69) is 5.32 Å². The van der Waals surface area contributed by atoms with E-state index in [1.165, 1.54) is 11.6 Å². The van der Waals surface area contributed by atoms with Gasteiger partial charge in [-0.05, 0) is 24.6 Å². The number of aliphatic carboxylic acids is 1. The molecule has 7 nitrogen and oxygen atoms in total. The van der Waals surface area contributed by atoms with Crippen LogP contribution in [0.1, 0.15) is 15.9 Å². The minimum absolute atomic E-state index is 0.350. The molecule has 2 aromatic rings. The lowest BCUT2D eigenvalue weighted by atomic mass is 10.1. The van der Waals surface area contributed by atoms with Crippen LogP contribution in [0.5, 0.6) is 5.75 Å². The van der Waals surface area contributed by atoms with Crippen LogP contribution in [0.4, 0.5) is 0 Å². The Morgan fingerprint density at radius 2 is 2.00 bits per heavy atom. The zero-order valence-corrected chi connectivity index (χ0v) is 11.5. The molecule has 0 atom stereocenters. The van der Waals surface area contributed by atoms with E-state index < -0.39 is 35.3 Å². The number of hydrogen-bond acceptors (Lipinski definition) is 4. The molecule has 3 N–H and O–H groups in total. The molecule has 0 saturated carbocycles. The summed E-state index contributed by atoms with van der Waals surface area (Å²) in [6.07, 6.45) is 0. The molecule has 0 aliphatic carbocycles. The fraction of sp³-hybridized carbons (Fsp3) is 0.214. The number of pyridine rings is 1. The van der Waals surface area contributed by atoms with Gasteiger partial charge in [-0.1, -0.05) is 6.07 Å². The maximum Gasteiger partial charge on any atom is 0.322 e. The second kappa shape index (κ2) is 5.28. The van der Waals surface area contributed by atoms with Gasteiger partial charge in [-0.25, -0.2) is 0 Å². The number of nitrogens with one attached hydrogen (secondary N) is 1. The van der Waals surface area contributed by atoms with Crippen molar-refractivity contribution < 1.29 is 19.8 Å². The zero-order chi connectivity index (χ0) is 15.7. The van der Waals surface area contributed by atoms with Gasteiger partial charge in [-0.15, -0.1) is 0 Å². The van der Waals surface area contributed by atoms with E-state index >= 15 is 0 Å². The summed E-state index contributed by atoms with van der Waals surface area (Å²) in [5.74, 6) is -2.61. The van der Waals surface area contributed by atoms with Crippen molar-refractivity contribution in [2.45, 2.75) is 6.92 Å². The SMILES string of the molecule is Cc1ccc2c(O)c(C(=O)NCC(=O)O)c(=O)n(C)c2c1. The van der Waals surface area contributed by atoms with Crippen LogP contribution < -0.4 is 10.9 Å². The van der Waals surface area contributed by atoms with Crippen molar-refractivity contribution in [3.05, 3.63) is 39.7 Å². The van der Waals surface area contributed by atoms with Crippen molar-refractivity contribution in [2.24, 2.45) is 7.05 Å². The fourth-order valence-electron chi connectivity index (χ4n) is 2.08. The summed E-state index contributed by atoms with van der Waals surface area (Å²) in [5.41, 5.74) is 0.246. The Morgan fingerprint density at radius 1 is 1.33 bits per heavy atom. The summed E-state index contributed by atoms with van der Waals surface area (Å²) in [6, 6.07) is 5.06. The zero-order valence-electron chi connectivity index (χ0n) is 11.5. The van der Waals surface area contributed by atoms with E-state index in [4.69, 9.17) is 5.11 Å². The number of rotatable bonds is 3.